The Balaban J connectivity index is 1.43. The molecule has 2 aliphatic rings. The minimum Gasteiger partial charge on any atom is -0.324 e. The quantitative estimate of drug-likeness (QED) is 0.588. The Morgan fingerprint density at radius 1 is 1.06 bits per heavy atom. The SMILES string of the molecule is CC1(C)CN=Cc2ccc(-c3nc(Nc4ccc(C5(S(C)(=O)=O)CC5)cc4)ncc3F)cc21. The van der Waals surface area contributed by atoms with E-state index in [9.17, 15) is 12.8 Å². The maximum Gasteiger partial charge on any atom is 0.227 e. The topological polar surface area (TPSA) is 84.3 Å². The lowest BCUT2D eigenvalue weighted by atomic mass is 9.79. The Hall–Kier alpha value is -3.13. The van der Waals surface area contributed by atoms with E-state index < -0.39 is 20.4 Å². The van der Waals surface area contributed by atoms with Crippen LogP contribution in [0.15, 0.2) is 53.7 Å². The fraction of sp³-hybridized carbons (Fsp3) is 0.320. The first-order valence-corrected chi connectivity index (χ1v) is 12.7. The first-order valence-electron chi connectivity index (χ1n) is 10.8. The molecule has 0 amide bonds. The van der Waals surface area contributed by atoms with Crippen LogP contribution in [0.3, 0.4) is 0 Å². The van der Waals surface area contributed by atoms with Gasteiger partial charge in [-0.3, -0.25) is 4.99 Å². The van der Waals surface area contributed by atoms with Gasteiger partial charge < -0.3 is 5.32 Å². The zero-order valence-electron chi connectivity index (χ0n) is 18.8. The molecule has 170 valence electrons. The largest absolute Gasteiger partial charge is 0.324 e. The van der Waals surface area contributed by atoms with Crippen molar-refractivity contribution in [2.24, 2.45) is 4.99 Å². The molecule has 3 aromatic rings. The van der Waals surface area contributed by atoms with Gasteiger partial charge in [0.25, 0.3) is 0 Å². The van der Waals surface area contributed by atoms with Gasteiger partial charge in [-0.05, 0) is 47.7 Å². The summed E-state index contributed by atoms with van der Waals surface area (Å²) in [4.78, 5) is 12.9. The number of fused-ring (bicyclic) bond motifs is 1. The first kappa shape index (κ1) is 21.7. The minimum atomic E-state index is -3.17. The molecule has 0 atom stereocenters. The van der Waals surface area contributed by atoms with Crippen LogP contribution in [0.25, 0.3) is 11.3 Å². The average molecular weight is 465 g/mol. The smallest absolute Gasteiger partial charge is 0.227 e. The number of nitrogens with one attached hydrogen (secondary N) is 1. The summed E-state index contributed by atoms with van der Waals surface area (Å²) in [5, 5.41) is 3.10. The van der Waals surface area contributed by atoms with Gasteiger partial charge in [-0.2, -0.15) is 0 Å². The van der Waals surface area contributed by atoms with E-state index in [0.29, 0.717) is 30.6 Å². The first-order chi connectivity index (χ1) is 15.6. The van der Waals surface area contributed by atoms with Gasteiger partial charge in [-0.25, -0.2) is 22.8 Å². The van der Waals surface area contributed by atoms with Crippen LogP contribution < -0.4 is 5.32 Å². The van der Waals surface area contributed by atoms with Crippen molar-refractivity contribution in [2.75, 3.05) is 18.1 Å². The van der Waals surface area contributed by atoms with Crippen LogP contribution in [0, 0.1) is 5.82 Å². The van der Waals surface area contributed by atoms with Crippen LogP contribution >= 0.6 is 0 Å². The van der Waals surface area contributed by atoms with Crippen LogP contribution in [0.4, 0.5) is 16.0 Å². The molecule has 6 nitrogen and oxygen atoms in total. The van der Waals surface area contributed by atoms with E-state index in [-0.39, 0.29) is 17.1 Å². The summed E-state index contributed by atoms with van der Waals surface area (Å²) in [5.74, 6) is -0.233. The van der Waals surface area contributed by atoms with Gasteiger partial charge in [0.2, 0.25) is 5.95 Å². The molecule has 0 saturated heterocycles. The van der Waals surface area contributed by atoms with Gasteiger partial charge in [0.05, 0.1) is 10.9 Å². The van der Waals surface area contributed by atoms with Crippen molar-refractivity contribution in [1.29, 1.82) is 0 Å². The maximum atomic E-state index is 14.7. The normalized spacial score (nSPS) is 17.9. The highest BCUT2D eigenvalue weighted by Gasteiger charge is 2.53. The van der Waals surface area contributed by atoms with E-state index in [0.717, 1.165) is 22.9 Å². The van der Waals surface area contributed by atoms with E-state index in [4.69, 9.17) is 0 Å². The molecule has 1 aliphatic carbocycles. The van der Waals surface area contributed by atoms with E-state index in [1.165, 1.54) is 6.26 Å². The monoisotopic (exact) mass is 464 g/mol. The molecule has 2 heterocycles. The second kappa shape index (κ2) is 7.45. The number of anilines is 2. The Kier molecular flexibility index (Phi) is 4.90. The van der Waals surface area contributed by atoms with Gasteiger partial charge >= 0.3 is 0 Å². The molecule has 0 bridgehead atoms. The number of rotatable bonds is 5. The maximum absolute atomic E-state index is 14.7. The van der Waals surface area contributed by atoms with Crippen molar-refractivity contribution in [3.63, 3.8) is 0 Å². The molecule has 1 aromatic heterocycles. The van der Waals surface area contributed by atoms with Gasteiger partial charge in [0.15, 0.2) is 15.7 Å². The van der Waals surface area contributed by atoms with Crippen molar-refractivity contribution in [3.05, 3.63) is 71.2 Å². The summed E-state index contributed by atoms with van der Waals surface area (Å²) >= 11 is 0. The van der Waals surface area contributed by atoms with E-state index in [2.05, 4.69) is 34.1 Å². The van der Waals surface area contributed by atoms with E-state index in [1.54, 1.807) is 12.1 Å². The molecule has 0 spiro atoms. The fourth-order valence-corrected chi connectivity index (χ4v) is 5.87. The van der Waals surface area contributed by atoms with Crippen LogP contribution in [-0.4, -0.2) is 37.4 Å². The second-order valence-corrected chi connectivity index (χ2v) is 11.8. The molecular formula is C25H25FN4O2S. The standard InChI is InChI=1S/C25H25FN4O2S/c1-24(2)15-27-13-17-5-4-16(12-20(17)24)22-21(26)14-28-23(30-22)29-19-8-6-18(7-9-19)25(10-11-25)33(3,31)32/h4-9,12-14H,10-11,15H2,1-3H3,(H,28,29,30). The van der Waals surface area contributed by atoms with Crippen molar-refractivity contribution in [3.8, 4) is 11.3 Å². The number of halogens is 1. The summed E-state index contributed by atoms with van der Waals surface area (Å²) in [6.45, 7) is 4.92. The third kappa shape index (κ3) is 3.82. The Morgan fingerprint density at radius 3 is 2.45 bits per heavy atom. The average Bonchev–Trinajstić information content (AvgIpc) is 3.58. The lowest BCUT2D eigenvalue weighted by Crippen LogP contribution is -2.26. The molecule has 0 radical (unpaired) electrons. The van der Waals surface area contributed by atoms with Crippen LogP contribution in [0.2, 0.25) is 0 Å². The number of sulfone groups is 1. The van der Waals surface area contributed by atoms with Gasteiger partial charge in [0.1, 0.15) is 5.69 Å². The molecule has 1 N–H and O–H groups in total. The van der Waals surface area contributed by atoms with Crippen molar-refractivity contribution >= 4 is 27.7 Å². The Bertz CT molecular complexity index is 1380. The number of hydrogen-bond acceptors (Lipinski definition) is 6. The molecule has 5 rings (SSSR count). The fourth-order valence-electron chi connectivity index (χ4n) is 4.46. The minimum absolute atomic E-state index is 0.142. The zero-order valence-corrected chi connectivity index (χ0v) is 19.6. The van der Waals surface area contributed by atoms with Gasteiger partial charge in [-0.15, -0.1) is 0 Å². The van der Waals surface area contributed by atoms with Gasteiger partial charge in [-0.1, -0.05) is 38.1 Å². The highest BCUT2D eigenvalue weighted by atomic mass is 32.2. The van der Waals surface area contributed by atoms with Crippen molar-refractivity contribution in [1.82, 2.24) is 9.97 Å². The molecule has 0 unspecified atom stereocenters. The number of benzene rings is 2. The molecule has 2 aromatic carbocycles. The van der Waals surface area contributed by atoms with E-state index >= 15 is 0 Å². The second-order valence-electron chi connectivity index (χ2n) is 9.51. The summed E-state index contributed by atoms with van der Waals surface area (Å²) < 4.78 is 38.2. The van der Waals surface area contributed by atoms with Crippen molar-refractivity contribution < 1.29 is 12.8 Å². The molecule has 33 heavy (non-hydrogen) atoms. The molecule has 1 fully saturated rings. The third-order valence-corrected chi connectivity index (χ3v) is 8.66. The Morgan fingerprint density at radius 2 is 1.79 bits per heavy atom. The lowest BCUT2D eigenvalue weighted by Gasteiger charge is -2.28. The number of aliphatic imine (C=N–C) groups is 1. The third-order valence-electron chi connectivity index (χ3n) is 6.60. The number of aromatic nitrogens is 2. The zero-order chi connectivity index (χ0) is 23.4. The van der Waals surface area contributed by atoms with Crippen LogP contribution in [0.5, 0.6) is 0 Å². The van der Waals surface area contributed by atoms with E-state index in [1.807, 2.05) is 36.5 Å². The number of nitrogens with zero attached hydrogens (tertiary/aromatic N) is 3. The Labute approximate surface area is 192 Å². The summed E-state index contributed by atoms with van der Waals surface area (Å²) in [7, 11) is -3.17. The van der Waals surface area contributed by atoms with Gasteiger partial charge in [0, 0.05) is 35.7 Å². The lowest BCUT2D eigenvalue weighted by molar-refractivity contribution is 0.534. The summed E-state index contributed by atoms with van der Waals surface area (Å²) in [6, 6.07) is 13.0. The van der Waals surface area contributed by atoms with Crippen LogP contribution in [0.1, 0.15) is 43.4 Å². The summed E-state index contributed by atoms with van der Waals surface area (Å²) in [6.07, 6.45) is 5.59. The summed E-state index contributed by atoms with van der Waals surface area (Å²) in [5.41, 5.74) is 4.39. The highest BCUT2D eigenvalue weighted by molar-refractivity contribution is 7.92. The van der Waals surface area contributed by atoms with Crippen molar-refractivity contribution in [2.45, 2.75) is 36.9 Å². The predicted molar refractivity (Wildman–Crippen MR) is 128 cm³/mol. The molecule has 1 saturated carbocycles. The number of hydrogen-bond donors (Lipinski definition) is 1. The molecular weight excluding hydrogens is 439 g/mol. The molecule has 8 heteroatoms. The predicted octanol–water partition coefficient (Wildman–Crippen LogP) is 4.77. The highest BCUT2D eigenvalue weighted by Crippen LogP contribution is 2.52. The molecule has 1 aliphatic heterocycles. The van der Waals surface area contributed by atoms with Crippen LogP contribution in [-0.2, 0) is 20.0 Å².